The number of alkyl carbamates (subject to hydrolysis) is 1. The molecule has 8 nitrogen and oxygen atoms in total. The zero-order chi connectivity index (χ0) is 22.5. The van der Waals surface area contributed by atoms with E-state index < -0.39 is 12.0 Å². The van der Waals surface area contributed by atoms with Crippen LogP contribution in [0.1, 0.15) is 58.3 Å². The number of fused-ring (bicyclic) bond motifs is 1. The van der Waals surface area contributed by atoms with E-state index in [1.807, 2.05) is 6.92 Å². The summed E-state index contributed by atoms with van der Waals surface area (Å²) in [5.74, 6) is 0.305. The van der Waals surface area contributed by atoms with Crippen LogP contribution in [-0.2, 0) is 14.3 Å². The Labute approximate surface area is 198 Å². The molecule has 0 aromatic heterocycles. The van der Waals surface area contributed by atoms with Gasteiger partial charge in [-0.05, 0) is 50.3 Å². The molecule has 6 unspecified atom stereocenters. The summed E-state index contributed by atoms with van der Waals surface area (Å²) in [5, 5.41) is 12.1. The fraction of sp³-hybridized carbons (Fsp3) is 0.864. The lowest BCUT2D eigenvalue weighted by molar-refractivity contribution is -0.125. The van der Waals surface area contributed by atoms with Crippen molar-refractivity contribution in [3.63, 3.8) is 0 Å². The summed E-state index contributed by atoms with van der Waals surface area (Å²) < 4.78 is 5.64. The highest BCUT2D eigenvalue weighted by atomic mass is 32.2. The van der Waals surface area contributed by atoms with Crippen LogP contribution < -0.4 is 21.3 Å². The van der Waals surface area contributed by atoms with Gasteiger partial charge in [-0.15, -0.1) is 23.5 Å². The molecule has 4 rings (SSSR count). The molecule has 0 spiro atoms. The Balaban J connectivity index is 1.25. The third-order valence-electron chi connectivity index (χ3n) is 7.11. The number of piperidine rings is 1. The first-order chi connectivity index (χ1) is 15.5. The van der Waals surface area contributed by atoms with Crippen molar-refractivity contribution in [3.8, 4) is 0 Å². The van der Waals surface area contributed by atoms with Crippen molar-refractivity contribution < 1.29 is 19.1 Å². The van der Waals surface area contributed by atoms with Gasteiger partial charge in [0.1, 0.15) is 11.5 Å². The van der Waals surface area contributed by atoms with Crippen LogP contribution in [0.15, 0.2) is 0 Å². The topological polar surface area (TPSA) is 109 Å². The Bertz CT molecular complexity index is 677. The van der Waals surface area contributed by atoms with Gasteiger partial charge in [0.25, 0.3) is 0 Å². The lowest BCUT2D eigenvalue weighted by Gasteiger charge is -2.29. The predicted octanol–water partition coefficient (Wildman–Crippen LogP) is 2.19. The van der Waals surface area contributed by atoms with E-state index in [0.29, 0.717) is 23.6 Å². The van der Waals surface area contributed by atoms with Crippen LogP contribution in [0.5, 0.6) is 0 Å². The second kappa shape index (κ2) is 11.4. The Morgan fingerprint density at radius 2 is 1.91 bits per heavy atom. The molecule has 3 heterocycles. The molecule has 0 aromatic rings. The van der Waals surface area contributed by atoms with Crippen LogP contribution in [-0.4, -0.2) is 64.9 Å². The van der Waals surface area contributed by atoms with Gasteiger partial charge in [0, 0.05) is 17.8 Å². The molecule has 180 valence electrons. The lowest BCUT2D eigenvalue weighted by atomic mass is 9.84. The maximum atomic E-state index is 12.8. The molecular formula is C22H36N4O4S2. The fourth-order valence-electron chi connectivity index (χ4n) is 5.30. The number of amides is 3. The first kappa shape index (κ1) is 24.2. The van der Waals surface area contributed by atoms with Gasteiger partial charge in [-0.2, -0.15) is 0 Å². The first-order valence-corrected chi connectivity index (χ1v) is 14.1. The van der Waals surface area contributed by atoms with E-state index >= 15 is 0 Å². The van der Waals surface area contributed by atoms with Gasteiger partial charge in [-0.3, -0.25) is 20.2 Å². The van der Waals surface area contributed by atoms with E-state index in [9.17, 15) is 14.4 Å². The molecule has 3 amide bonds. The zero-order valence-corrected chi connectivity index (χ0v) is 20.4. The first-order valence-electron chi connectivity index (χ1n) is 12.1. The Hall–Kier alpha value is -0.970. The van der Waals surface area contributed by atoms with E-state index in [-0.39, 0.29) is 28.7 Å². The predicted molar refractivity (Wildman–Crippen MR) is 127 cm³/mol. The second-order valence-electron chi connectivity index (χ2n) is 9.26. The molecule has 4 fully saturated rings. The van der Waals surface area contributed by atoms with Crippen molar-refractivity contribution in [1.82, 2.24) is 21.3 Å². The summed E-state index contributed by atoms with van der Waals surface area (Å²) in [7, 11) is 0. The molecule has 6 atom stereocenters. The average molecular weight is 485 g/mol. The van der Waals surface area contributed by atoms with E-state index in [4.69, 9.17) is 4.74 Å². The van der Waals surface area contributed by atoms with Gasteiger partial charge in [-0.25, -0.2) is 4.79 Å². The smallest absolute Gasteiger partial charge is 0.414 e. The molecule has 32 heavy (non-hydrogen) atoms. The molecule has 4 aliphatic rings. The number of rotatable bonds is 6. The molecule has 0 aromatic carbocycles. The normalized spacial score (nSPS) is 33.8. The molecule has 1 saturated carbocycles. The minimum Gasteiger partial charge on any atom is -0.446 e. The fourth-order valence-corrected chi connectivity index (χ4v) is 8.05. The molecule has 10 heteroatoms. The summed E-state index contributed by atoms with van der Waals surface area (Å²) in [6.45, 7) is 3.89. The van der Waals surface area contributed by atoms with Gasteiger partial charge in [0.2, 0.25) is 11.8 Å². The monoisotopic (exact) mass is 484 g/mol. The van der Waals surface area contributed by atoms with Gasteiger partial charge < -0.3 is 15.4 Å². The van der Waals surface area contributed by atoms with Crippen LogP contribution in [0, 0.1) is 11.8 Å². The maximum Gasteiger partial charge on any atom is 0.414 e. The number of carbonyl (C=O) groups is 3. The van der Waals surface area contributed by atoms with Crippen molar-refractivity contribution in [2.75, 3.05) is 18.8 Å². The van der Waals surface area contributed by atoms with Crippen molar-refractivity contribution in [2.24, 2.45) is 11.8 Å². The molecule has 0 radical (unpaired) electrons. The number of ether oxygens (including phenoxy) is 1. The van der Waals surface area contributed by atoms with Crippen molar-refractivity contribution in [3.05, 3.63) is 0 Å². The maximum absolute atomic E-state index is 12.8. The van der Waals surface area contributed by atoms with Gasteiger partial charge in [-0.1, -0.05) is 26.2 Å². The van der Waals surface area contributed by atoms with Crippen LogP contribution in [0.2, 0.25) is 0 Å². The highest BCUT2D eigenvalue weighted by Gasteiger charge is 2.42. The Morgan fingerprint density at radius 1 is 1.09 bits per heavy atom. The zero-order valence-electron chi connectivity index (χ0n) is 18.8. The highest BCUT2D eigenvalue weighted by molar-refractivity contribution is 8.01. The standard InChI is InChI=1S/C22H36N4O4S2/c1-2-16(13-6-4-3-5-7-13)30-22(29)26-18(27)14-9-11-31-20(14)25-19(28)21-24-15-12-23-10-8-17(15)32-21/h13-17,20-21,23-24H,2-12H2,1H3,(H,25,28)(H,26,27,29). The van der Waals surface area contributed by atoms with Crippen molar-refractivity contribution >= 4 is 41.4 Å². The number of hydrogen-bond acceptors (Lipinski definition) is 8. The summed E-state index contributed by atoms with van der Waals surface area (Å²) in [5.41, 5.74) is 0. The van der Waals surface area contributed by atoms with Gasteiger partial charge in [0.05, 0.1) is 11.3 Å². The van der Waals surface area contributed by atoms with Crippen LogP contribution in [0.3, 0.4) is 0 Å². The molecule has 3 aliphatic heterocycles. The van der Waals surface area contributed by atoms with E-state index in [0.717, 1.165) is 44.5 Å². The Kier molecular flexibility index (Phi) is 8.64. The van der Waals surface area contributed by atoms with Crippen LogP contribution in [0.4, 0.5) is 4.79 Å². The van der Waals surface area contributed by atoms with E-state index in [1.165, 1.54) is 19.3 Å². The number of carbonyl (C=O) groups excluding carboxylic acids is 3. The number of imide groups is 1. The second-order valence-corrected chi connectivity index (χ2v) is 11.9. The van der Waals surface area contributed by atoms with Crippen LogP contribution >= 0.6 is 23.5 Å². The van der Waals surface area contributed by atoms with Gasteiger partial charge in [0.15, 0.2) is 0 Å². The van der Waals surface area contributed by atoms with Crippen molar-refractivity contribution in [1.29, 1.82) is 0 Å². The summed E-state index contributed by atoms with van der Waals surface area (Å²) in [4.78, 5) is 38.1. The third-order valence-corrected chi connectivity index (χ3v) is 9.92. The number of hydrogen-bond donors (Lipinski definition) is 4. The largest absolute Gasteiger partial charge is 0.446 e. The summed E-state index contributed by atoms with van der Waals surface area (Å²) in [6.07, 6.45) is 7.42. The SMILES string of the molecule is CCC(OC(=O)NC(=O)C1CCSC1NC(=O)C1NC2CNCCC2S1)C1CCCCC1. The third kappa shape index (κ3) is 5.93. The molecule has 1 aliphatic carbocycles. The molecule has 4 N–H and O–H groups in total. The summed E-state index contributed by atoms with van der Waals surface area (Å²) >= 11 is 3.25. The Morgan fingerprint density at radius 3 is 2.66 bits per heavy atom. The van der Waals surface area contributed by atoms with Crippen molar-refractivity contribution in [2.45, 2.75) is 86.4 Å². The van der Waals surface area contributed by atoms with E-state index in [1.54, 1.807) is 23.5 Å². The minimum absolute atomic E-state index is 0.0764. The van der Waals surface area contributed by atoms with E-state index in [2.05, 4.69) is 21.3 Å². The minimum atomic E-state index is -0.654. The molecule has 0 bridgehead atoms. The summed E-state index contributed by atoms with van der Waals surface area (Å²) in [6, 6.07) is 0.310. The highest BCUT2D eigenvalue weighted by Crippen LogP contribution is 2.34. The lowest BCUT2D eigenvalue weighted by Crippen LogP contribution is -2.51. The average Bonchev–Trinajstić information content (AvgIpc) is 3.45. The molecular weight excluding hydrogens is 448 g/mol. The number of thioether (sulfide) groups is 2. The van der Waals surface area contributed by atoms with Gasteiger partial charge >= 0.3 is 6.09 Å². The van der Waals surface area contributed by atoms with Crippen LogP contribution in [0.25, 0.3) is 0 Å². The quantitative estimate of drug-likeness (QED) is 0.454. The number of nitrogens with one attached hydrogen (secondary N) is 4. The molecule has 3 saturated heterocycles.